The summed E-state index contributed by atoms with van der Waals surface area (Å²) in [5.41, 5.74) is -3.79. The average molecular weight is 612 g/mol. The Balaban J connectivity index is 2.00. The zero-order valence-corrected chi connectivity index (χ0v) is 24.0. The highest BCUT2D eigenvalue weighted by Crippen LogP contribution is 2.43. The van der Waals surface area contributed by atoms with Gasteiger partial charge in [-0.05, 0) is 38.0 Å². The van der Waals surface area contributed by atoms with Crippen molar-refractivity contribution in [3.05, 3.63) is 44.4 Å². The van der Waals surface area contributed by atoms with Gasteiger partial charge in [0, 0.05) is 12.7 Å². The van der Waals surface area contributed by atoms with Crippen LogP contribution in [0.1, 0.15) is 85.8 Å². The number of alkyl halides is 3. The van der Waals surface area contributed by atoms with Crippen LogP contribution in [0.2, 0.25) is 15.2 Å². The summed E-state index contributed by atoms with van der Waals surface area (Å²) in [4.78, 5) is 43.1. The van der Waals surface area contributed by atoms with E-state index in [0.29, 0.717) is 0 Å². The number of carboxylic acids is 1. The highest BCUT2D eigenvalue weighted by Gasteiger charge is 2.45. The van der Waals surface area contributed by atoms with Crippen molar-refractivity contribution in [2.75, 3.05) is 13.1 Å². The molecule has 2 aromatic rings. The molecule has 2 aromatic heterocycles. The smallest absolute Gasteiger partial charge is 0.433 e. The number of rotatable bonds is 7. The minimum Gasteiger partial charge on any atom is -0.481 e. The summed E-state index contributed by atoms with van der Waals surface area (Å²) >= 11 is 18.1. The summed E-state index contributed by atoms with van der Waals surface area (Å²) in [5.74, 6) is -2.78. The number of carboxylic acid groups (broad SMARTS) is 1. The summed E-state index contributed by atoms with van der Waals surface area (Å²) in [5, 5.41) is 12.9. The zero-order valence-electron chi connectivity index (χ0n) is 21.7. The summed E-state index contributed by atoms with van der Waals surface area (Å²) < 4.78 is 43.9. The lowest BCUT2D eigenvalue weighted by Crippen LogP contribution is -2.42. The second kappa shape index (κ2) is 11.2. The van der Waals surface area contributed by atoms with E-state index < -0.39 is 58.5 Å². The molecule has 0 spiro atoms. The Bertz CT molecular complexity index is 1280. The van der Waals surface area contributed by atoms with E-state index in [2.05, 4.69) is 10.1 Å². The maximum atomic E-state index is 14.4. The standard InChI is InChI=1S/C25H28Cl3F3N4O4/c1-23(2,3)12-34(11-16(36)17-15(26)10-32-20(28)18(17)27)21(37)14-9-33-35(19(14)25(29,30)31)13-5-7-24(4,8-6-13)22(38)39/h9-10,13H,5-8,11-12H2,1-4H3,(H,38,39). The van der Waals surface area contributed by atoms with Crippen LogP contribution >= 0.6 is 34.8 Å². The van der Waals surface area contributed by atoms with Crippen molar-refractivity contribution in [2.24, 2.45) is 10.8 Å². The Morgan fingerprint density at radius 3 is 2.23 bits per heavy atom. The average Bonchev–Trinajstić information content (AvgIpc) is 3.26. The topological polar surface area (TPSA) is 105 Å². The number of halogens is 6. The van der Waals surface area contributed by atoms with Gasteiger partial charge in [0.15, 0.2) is 11.5 Å². The molecule has 0 radical (unpaired) electrons. The second-order valence-electron chi connectivity index (χ2n) is 11.2. The molecule has 8 nitrogen and oxygen atoms in total. The molecule has 0 bridgehead atoms. The van der Waals surface area contributed by atoms with Gasteiger partial charge in [0.25, 0.3) is 5.91 Å². The van der Waals surface area contributed by atoms with Gasteiger partial charge in [-0.15, -0.1) is 0 Å². The van der Waals surface area contributed by atoms with Crippen molar-refractivity contribution in [3.63, 3.8) is 0 Å². The Labute approximate surface area is 238 Å². The first-order valence-electron chi connectivity index (χ1n) is 12.1. The van der Waals surface area contributed by atoms with Crippen LogP contribution in [-0.4, -0.2) is 55.5 Å². The second-order valence-corrected chi connectivity index (χ2v) is 12.3. The van der Waals surface area contributed by atoms with Crippen LogP contribution in [0.3, 0.4) is 0 Å². The van der Waals surface area contributed by atoms with Gasteiger partial charge in [-0.3, -0.25) is 19.1 Å². The molecule has 1 aliphatic carbocycles. The molecule has 14 heteroatoms. The fourth-order valence-corrected chi connectivity index (χ4v) is 5.37. The van der Waals surface area contributed by atoms with Gasteiger partial charge in [0.1, 0.15) is 5.15 Å². The molecule has 1 saturated carbocycles. The van der Waals surface area contributed by atoms with E-state index in [1.165, 1.54) is 0 Å². The maximum absolute atomic E-state index is 14.4. The normalized spacial score (nSPS) is 20.1. The van der Waals surface area contributed by atoms with Crippen LogP contribution in [0.5, 0.6) is 0 Å². The number of amides is 1. The van der Waals surface area contributed by atoms with E-state index in [4.69, 9.17) is 34.8 Å². The number of Topliss-reactive ketones (excluding diaryl/α,β-unsaturated/α-hetero) is 1. The molecule has 1 fully saturated rings. The lowest BCUT2D eigenvalue weighted by Gasteiger charge is -2.34. The Morgan fingerprint density at radius 1 is 1.13 bits per heavy atom. The number of aromatic nitrogens is 3. The fourth-order valence-electron chi connectivity index (χ4n) is 4.67. The molecule has 0 unspecified atom stereocenters. The molecule has 1 aliphatic rings. The minimum atomic E-state index is -4.95. The molecule has 2 heterocycles. The number of hydrogen-bond acceptors (Lipinski definition) is 5. The maximum Gasteiger partial charge on any atom is 0.433 e. The third-order valence-electron chi connectivity index (χ3n) is 6.71. The first-order chi connectivity index (χ1) is 17.9. The van der Waals surface area contributed by atoms with E-state index in [1.54, 1.807) is 27.7 Å². The number of hydrogen-bond donors (Lipinski definition) is 1. The molecule has 0 atom stereocenters. The van der Waals surface area contributed by atoms with Gasteiger partial charge in [-0.1, -0.05) is 55.6 Å². The molecule has 0 aliphatic heterocycles. The van der Waals surface area contributed by atoms with Gasteiger partial charge in [-0.25, -0.2) is 4.98 Å². The predicted octanol–water partition coefficient (Wildman–Crippen LogP) is 6.83. The number of carbonyl (C=O) groups is 3. The predicted molar refractivity (Wildman–Crippen MR) is 139 cm³/mol. The van der Waals surface area contributed by atoms with E-state index in [1.807, 2.05) is 0 Å². The molecule has 1 N–H and O–H groups in total. The third kappa shape index (κ3) is 6.86. The number of pyridine rings is 1. The SMILES string of the molecule is CC(C)(C)CN(CC(=O)c1c(Cl)cnc(Cl)c1Cl)C(=O)c1cnn(C2CCC(C)(C(=O)O)CC2)c1C(F)(F)F. The highest BCUT2D eigenvalue weighted by molar-refractivity contribution is 6.45. The van der Waals surface area contributed by atoms with Crippen molar-refractivity contribution in [1.29, 1.82) is 0 Å². The fraction of sp³-hybridized carbons (Fsp3) is 0.560. The highest BCUT2D eigenvalue weighted by atomic mass is 35.5. The van der Waals surface area contributed by atoms with Crippen molar-refractivity contribution in [3.8, 4) is 0 Å². The van der Waals surface area contributed by atoms with Crippen LogP contribution in [0.4, 0.5) is 13.2 Å². The van der Waals surface area contributed by atoms with E-state index >= 15 is 0 Å². The summed E-state index contributed by atoms with van der Waals surface area (Å²) in [7, 11) is 0. The number of nitrogens with zero attached hydrogens (tertiary/aromatic N) is 4. The Hall–Kier alpha value is -2.37. The van der Waals surface area contributed by atoms with Crippen molar-refractivity contribution in [2.45, 2.75) is 65.6 Å². The number of ketones is 1. The van der Waals surface area contributed by atoms with Crippen LogP contribution < -0.4 is 0 Å². The van der Waals surface area contributed by atoms with Gasteiger partial charge in [0.05, 0.1) is 45.4 Å². The molecule has 39 heavy (non-hydrogen) atoms. The zero-order chi connectivity index (χ0) is 29.5. The van der Waals surface area contributed by atoms with Gasteiger partial charge < -0.3 is 10.0 Å². The first kappa shape index (κ1) is 31.2. The van der Waals surface area contributed by atoms with Crippen LogP contribution in [0, 0.1) is 10.8 Å². The minimum absolute atomic E-state index is 0.0749. The van der Waals surface area contributed by atoms with Crippen molar-refractivity contribution < 1.29 is 32.7 Å². The number of carbonyl (C=O) groups excluding carboxylic acids is 2. The van der Waals surface area contributed by atoms with Crippen LogP contribution in [0.15, 0.2) is 12.4 Å². The largest absolute Gasteiger partial charge is 0.481 e. The third-order valence-corrected chi connectivity index (χ3v) is 7.75. The molecular weight excluding hydrogens is 584 g/mol. The van der Waals surface area contributed by atoms with Gasteiger partial charge >= 0.3 is 12.1 Å². The molecule has 0 saturated heterocycles. The van der Waals surface area contributed by atoms with Gasteiger partial charge in [-0.2, -0.15) is 18.3 Å². The van der Waals surface area contributed by atoms with Crippen LogP contribution in [0.25, 0.3) is 0 Å². The van der Waals surface area contributed by atoms with Crippen molar-refractivity contribution in [1.82, 2.24) is 19.7 Å². The van der Waals surface area contributed by atoms with E-state index in [0.717, 1.165) is 22.0 Å². The first-order valence-corrected chi connectivity index (χ1v) is 13.2. The monoisotopic (exact) mass is 610 g/mol. The Morgan fingerprint density at radius 2 is 1.72 bits per heavy atom. The lowest BCUT2D eigenvalue weighted by molar-refractivity contribution is -0.152. The quantitative estimate of drug-likeness (QED) is 0.272. The molecule has 1 amide bonds. The summed E-state index contributed by atoms with van der Waals surface area (Å²) in [6.07, 6.45) is -2.37. The van der Waals surface area contributed by atoms with E-state index in [-0.39, 0.29) is 53.0 Å². The summed E-state index contributed by atoms with van der Waals surface area (Å²) in [6, 6.07) is -0.745. The summed E-state index contributed by atoms with van der Waals surface area (Å²) in [6.45, 7) is 6.14. The molecular formula is C25H28Cl3F3N4O4. The van der Waals surface area contributed by atoms with Crippen molar-refractivity contribution >= 4 is 52.5 Å². The Kier molecular flexibility index (Phi) is 8.99. The van der Waals surface area contributed by atoms with E-state index in [9.17, 15) is 32.7 Å². The lowest BCUT2D eigenvalue weighted by atomic mass is 9.74. The molecule has 0 aromatic carbocycles. The number of aliphatic carboxylic acids is 1. The van der Waals surface area contributed by atoms with Gasteiger partial charge in [0.2, 0.25) is 0 Å². The molecule has 214 valence electrons. The molecule has 3 rings (SSSR count). The van der Waals surface area contributed by atoms with Crippen LogP contribution in [-0.2, 0) is 11.0 Å².